The quantitative estimate of drug-likeness (QED) is 0.828. The number of nitrogens with zero attached hydrogens (tertiary/aromatic N) is 3. The number of morpholine rings is 1. The van der Waals surface area contributed by atoms with Crippen molar-refractivity contribution in [1.29, 1.82) is 0 Å². The fourth-order valence-corrected chi connectivity index (χ4v) is 2.37. The summed E-state index contributed by atoms with van der Waals surface area (Å²) in [5, 5.41) is 3.78. The van der Waals surface area contributed by atoms with Crippen molar-refractivity contribution in [2.75, 3.05) is 13.2 Å². The maximum atomic E-state index is 12.5. The molecule has 2 atom stereocenters. The van der Waals surface area contributed by atoms with Crippen molar-refractivity contribution in [3.05, 3.63) is 35.9 Å². The molecule has 0 aromatic carbocycles. The molecule has 2 aromatic heterocycles. The molecule has 1 saturated heterocycles. The highest BCUT2D eigenvalue weighted by Crippen LogP contribution is 2.29. The Balaban J connectivity index is 1.92. The van der Waals surface area contributed by atoms with Gasteiger partial charge in [-0.1, -0.05) is 5.16 Å². The number of furan rings is 1. The van der Waals surface area contributed by atoms with Gasteiger partial charge < -0.3 is 18.6 Å². The van der Waals surface area contributed by atoms with E-state index in [4.69, 9.17) is 13.7 Å². The number of hydrogen-bond donors (Lipinski definition) is 0. The minimum atomic E-state index is -0.382. The van der Waals surface area contributed by atoms with E-state index in [1.165, 1.54) is 12.5 Å². The van der Waals surface area contributed by atoms with E-state index in [-0.39, 0.29) is 18.1 Å². The van der Waals surface area contributed by atoms with Crippen LogP contribution in [-0.4, -0.2) is 40.2 Å². The van der Waals surface area contributed by atoms with E-state index in [1.807, 2.05) is 6.92 Å². The van der Waals surface area contributed by atoms with E-state index in [0.717, 1.165) is 0 Å². The third-order valence-corrected chi connectivity index (χ3v) is 3.32. The molecule has 0 aliphatic carbocycles. The summed E-state index contributed by atoms with van der Waals surface area (Å²) in [7, 11) is 0. The molecule has 1 aliphatic heterocycles. The Hall–Kier alpha value is -2.15. The SMILES string of the molecule is Cc1noc([C@@H]2[C@@H](C)OCCN2C(=O)c2ccoc2)n1. The van der Waals surface area contributed by atoms with Crippen LogP contribution in [0.1, 0.15) is 35.0 Å². The average molecular weight is 277 g/mol. The van der Waals surface area contributed by atoms with Crippen LogP contribution in [0.2, 0.25) is 0 Å². The lowest BCUT2D eigenvalue weighted by Gasteiger charge is -2.37. The monoisotopic (exact) mass is 277 g/mol. The number of ether oxygens (including phenoxy) is 1. The standard InChI is InChI=1S/C13H15N3O4/c1-8-11(12-14-9(2)15-20-12)16(4-6-19-8)13(17)10-3-5-18-7-10/h3,5,7-8,11H,4,6H2,1-2H3/t8-,11+/m1/s1. The van der Waals surface area contributed by atoms with Crippen molar-refractivity contribution in [1.82, 2.24) is 15.0 Å². The van der Waals surface area contributed by atoms with Crippen LogP contribution in [0.4, 0.5) is 0 Å². The molecular formula is C13H15N3O4. The van der Waals surface area contributed by atoms with Gasteiger partial charge in [0, 0.05) is 6.54 Å². The Bertz CT molecular complexity index is 593. The maximum absolute atomic E-state index is 12.5. The Kier molecular flexibility index (Phi) is 3.27. The second kappa shape index (κ2) is 5.09. The lowest BCUT2D eigenvalue weighted by atomic mass is 10.1. The van der Waals surface area contributed by atoms with Crippen LogP contribution in [0.25, 0.3) is 0 Å². The van der Waals surface area contributed by atoms with E-state index in [2.05, 4.69) is 10.1 Å². The number of hydrogen-bond acceptors (Lipinski definition) is 6. The molecule has 7 nitrogen and oxygen atoms in total. The van der Waals surface area contributed by atoms with E-state index >= 15 is 0 Å². The van der Waals surface area contributed by atoms with Crippen LogP contribution >= 0.6 is 0 Å². The van der Waals surface area contributed by atoms with Gasteiger partial charge in [0.2, 0.25) is 0 Å². The zero-order valence-electron chi connectivity index (χ0n) is 11.3. The van der Waals surface area contributed by atoms with E-state index in [9.17, 15) is 4.79 Å². The Morgan fingerprint density at radius 3 is 3.00 bits per heavy atom. The van der Waals surface area contributed by atoms with Crippen LogP contribution in [0.15, 0.2) is 27.5 Å². The molecule has 20 heavy (non-hydrogen) atoms. The van der Waals surface area contributed by atoms with E-state index in [1.54, 1.807) is 17.9 Å². The Labute approximate surface area is 115 Å². The predicted octanol–water partition coefficient (Wildman–Crippen LogP) is 1.57. The zero-order valence-corrected chi connectivity index (χ0v) is 11.3. The number of carbonyl (C=O) groups excluding carboxylic acids is 1. The van der Waals surface area contributed by atoms with Gasteiger partial charge in [-0.25, -0.2) is 0 Å². The molecule has 106 valence electrons. The van der Waals surface area contributed by atoms with Crippen LogP contribution in [0.3, 0.4) is 0 Å². The van der Waals surface area contributed by atoms with Gasteiger partial charge in [0.1, 0.15) is 12.3 Å². The summed E-state index contributed by atoms with van der Waals surface area (Å²) >= 11 is 0. The van der Waals surface area contributed by atoms with Crippen LogP contribution in [0, 0.1) is 6.92 Å². The molecule has 0 radical (unpaired) electrons. The molecule has 3 heterocycles. The molecule has 1 amide bonds. The highest BCUT2D eigenvalue weighted by Gasteiger charge is 2.38. The second-order valence-electron chi connectivity index (χ2n) is 4.71. The van der Waals surface area contributed by atoms with Gasteiger partial charge in [0.15, 0.2) is 5.82 Å². The minimum absolute atomic E-state index is 0.130. The van der Waals surface area contributed by atoms with Gasteiger partial charge in [-0.2, -0.15) is 4.98 Å². The Morgan fingerprint density at radius 1 is 1.50 bits per heavy atom. The normalized spacial score (nSPS) is 23.0. The van der Waals surface area contributed by atoms with Crippen molar-refractivity contribution in [2.24, 2.45) is 0 Å². The van der Waals surface area contributed by atoms with Gasteiger partial charge in [0.05, 0.1) is 24.5 Å². The van der Waals surface area contributed by atoms with Gasteiger partial charge in [-0.05, 0) is 19.9 Å². The maximum Gasteiger partial charge on any atom is 0.257 e. The molecule has 1 fully saturated rings. The highest BCUT2D eigenvalue weighted by molar-refractivity contribution is 5.94. The van der Waals surface area contributed by atoms with Gasteiger partial charge in [-0.15, -0.1) is 0 Å². The summed E-state index contributed by atoms with van der Waals surface area (Å²) in [6, 6.07) is 1.26. The summed E-state index contributed by atoms with van der Waals surface area (Å²) < 4.78 is 15.8. The first-order valence-electron chi connectivity index (χ1n) is 6.42. The van der Waals surface area contributed by atoms with Gasteiger partial charge in [-0.3, -0.25) is 4.79 Å². The fourth-order valence-electron chi connectivity index (χ4n) is 2.37. The van der Waals surface area contributed by atoms with Crippen molar-refractivity contribution in [3.63, 3.8) is 0 Å². The van der Waals surface area contributed by atoms with E-state index < -0.39 is 0 Å². The molecule has 0 bridgehead atoms. The van der Waals surface area contributed by atoms with Crippen molar-refractivity contribution in [3.8, 4) is 0 Å². The summed E-state index contributed by atoms with van der Waals surface area (Å²) in [5.41, 5.74) is 0.500. The topological polar surface area (TPSA) is 81.6 Å². The molecule has 0 N–H and O–H groups in total. The summed E-state index contributed by atoms with van der Waals surface area (Å²) in [4.78, 5) is 18.4. The van der Waals surface area contributed by atoms with Crippen LogP contribution in [0.5, 0.6) is 0 Å². The lowest BCUT2D eigenvalue weighted by Crippen LogP contribution is -2.47. The van der Waals surface area contributed by atoms with Crippen molar-refractivity contribution in [2.45, 2.75) is 26.0 Å². The lowest BCUT2D eigenvalue weighted by molar-refractivity contribution is -0.0600. The van der Waals surface area contributed by atoms with Crippen molar-refractivity contribution >= 4 is 5.91 Å². The first kappa shape index (κ1) is 12.9. The number of rotatable bonds is 2. The summed E-state index contributed by atoms with van der Waals surface area (Å²) in [6.45, 7) is 4.58. The fraction of sp³-hybridized carbons (Fsp3) is 0.462. The number of aryl methyl sites for hydroxylation is 1. The van der Waals surface area contributed by atoms with Crippen molar-refractivity contribution < 1.29 is 18.5 Å². The first-order chi connectivity index (χ1) is 9.66. The number of carbonyl (C=O) groups is 1. The molecule has 3 rings (SSSR count). The predicted molar refractivity (Wildman–Crippen MR) is 66.9 cm³/mol. The molecule has 0 spiro atoms. The van der Waals surface area contributed by atoms with Gasteiger partial charge >= 0.3 is 0 Å². The number of aromatic nitrogens is 2. The molecular weight excluding hydrogens is 262 g/mol. The number of amides is 1. The van der Waals surface area contributed by atoms with E-state index in [0.29, 0.717) is 30.4 Å². The van der Waals surface area contributed by atoms with Crippen LogP contribution in [-0.2, 0) is 4.74 Å². The molecule has 1 aliphatic rings. The summed E-state index contributed by atoms with van der Waals surface area (Å²) in [5.74, 6) is 0.801. The third-order valence-electron chi connectivity index (χ3n) is 3.32. The highest BCUT2D eigenvalue weighted by atomic mass is 16.5. The minimum Gasteiger partial charge on any atom is -0.472 e. The molecule has 0 unspecified atom stereocenters. The smallest absolute Gasteiger partial charge is 0.257 e. The molecule has 7 heteroatoms. The zero-order chi connectivity index (χ0) is 14.1. The Morgan fingerprint density at radius 2 is 2.35 bits per heavy atom. The molecule has 2 aromatic rings. The average Bonchev–Trinajstić information content (AvgIpc) is 3.09. The second-order valence-corrected chi connectivity index (χ2v) is 4.71. The van der Waals surface area contributed by atoms with Gasteiger partial charge in [0.25, 0.3) is 11.8 Å². The largest absolute Gasteiger partial charge is 0.472 e. The summed E-state index contributed by atoms with van der Waals surface area (Å²) in [6.07, 6.45) is 2.70. The van der Waals surface area contributed by atoms with Crippen LogP contribution < -0.4 is 0 Å². The molecule has 0 saturated carbocycles. The third kappa shape index (κ3) is 2.20. The first-order valence-corrected chi connectivity index (χ1v) is 6.42.